The third-order valence-corrected chi connectivity index (χ3v) is 4.22. The molecule has 0 saturated heterocycles. The summed E-state index contributed by atoms with van der Waals surface area (Å²) in [7, 11) is 0. The minimum atomic E-state index is -1.07. The summed E-state index contributed by atoms with van der Waals surface area (Å²) in [6.07, 6.45) is 0. The Labute approximate surface area is 128 Å². The molecule has 0 aliphatic heterocycles. The lowest BCUT2D eigenvalue weighted by Crippen LogP contribution is -2.41. The lowest BCUT2D eigenvalue weighted by atomic mass is 9.99. The summed E-state index contributed by atoms with van der Waals surface area (Å²) in [6.45, 7) is 7.49. The normalized spacial score (nSPS) is 15.5. The Morgan fingerprint density at radius 1 is 1.57 bits per heavy atom. The highest BCUT2D eigenvalue weighted by atomic mass is 32.1. The SMILES string of the molecule is Cc1cc(C)n([C@H](C)C(=O)NC[C@@](C)(O)c2ccsc2)n1. The number of carbonyl (C=O) groups is 1. The van der Waals surface area contributed by atoms with Crippen molar-refractivity contribution >= 4 is 17.2 Å². The van der Waals surface area contributed by atoms with Crippen molar-refractivity contribution in [3.63, 3.8) is 0 Å². The zero-order valence-electron chi connectivity index (χ0n) is 12.8. The number of aromatic nitrogens is 2. The number of aryl methyl sites for hydroxylation is 2. The second-order valence-corrected chi connectivity index (χ2v) is 6.33. The first kappa shape index (κ1) is 15.7. The number of hydrogen-bond donors (Lipinski definition) is 2. The monoisotopic (exact) mass is 307 g/mol. The van der Waals surface area contributed by atoms with Gasteiger partial charge in [-0.25, -0.2) is 0 Å². The molecule has 0 aliphatic rings. The summed E-state index contributed by atoms with van der Waals surface area (Å²) >= 11 is 1.52. The molecule has 2 heterocycles. The first-order valence-corrected chi connectivity index (χ1v) is 7.81. The van der Waals surface area contributed by atoms with Crippen molar-refractivity contribution in [3.8, 4) is 0 Å². The third kappa shape index (κ3) is 3.51. The van der Waals surface area contributed by atoms with Crippen molar-refractivity contribution in [1.82, 2.24) is 15.1 Å². The molecule has 0 spiro atoms. The van der Waals surface area contributed by atoms with Crippen molar-refractivity contribution in [3.05, 3.63) is 39.8 Å². The Balaban J connectivity index is 2.00. The van der Waals surface area contributed by atoms with Crippen molar-refractivity contribution in [2.24, 2.45) is 0 Å². The summed E-state index contributed by atoms with van der Waals surface area (Å²) < 4.78 is 1.70. The smallest absolute Gasteiger partial charge is 0.244 e. The lowest BCUT2D eigenvalue weighted by molar-refractivity contribution is -0.125. The van der Waals surface area contributed by atoms with Crippen LogP contribution in [0.1, 0.15) is 36.8 Å². The largest absolute Gasteiger partial charge is 0.384 e. The minimum Gasteiger partial charge on any atom is -0.384 e. The van der Waals surface area contributed by atoms with Crippen LogP contribution in [0.15, 0.2) is 22.9 Å². The molecule has 1 amide bonds. The molecule has 0 saturated carbocycles. The van der Waals surface area contributed by atoms with Gasteiger partial charge in [0.1, 0.15) is 11.6 Å². The van der Waals surface area contributed by atoms with Crippen LogP contribution in [0.4, 0.5) is 0 Å². The number of nitrogens with zero attached hydrogens (tertiary/aromatic N) is 2. The second-order valence-electron chi connectivity index (χ2n) is 5.55. The molecule has 0 aromatic carbocycles. The molecule has 6 heteroatoms. The second kappa shape index (κ2) is 5.99. The van der Waals surface area contributed by atoms with E-state index in [4.69, 9.17) is 0 Å². The molecule has 2 aromatic rings. The van der Waals surface area contributed by atoms with E-state index < -0.39 is 11.6 Å². The highest BCUT2D eigenvalue weighted by Gasteiger charge is 2.26. The molecule has 0 radical (unpaired) electrons. The van der Waals surface area contributed by atoms with E-state index in [0.29, 0.717) is 0 Å². The Bertz CT molecular complexity index is 617. The minimum absolute atomic E-state index is 0.156. The van der Waals surface area contributed by atoms with Gasteiger partial charge >= 0.3 is 0 Å². The summed E-state index contributed by atoms with van der Waals surface area (Å²) in [5, 5.41) is 21.3. The van der Waals surface area contributed by atoms with Gasteiger partial charge in [0.2, 0.25) is 5.91 Å². The van der Waals surface area contributed by atoms with Crippen molar-refractivity contribution in [2.75, 3.05) is 6.54 Å². The fourth-order valence-corrected chi connectivity index (χ4v) is 3.01. The number of carbonyl (C=O) groups excluding carboxylic acids is 1. The molecule has 0 bridgehead atoms. The molecule has 2 rings (SSSR count). The number of nitrogens with one attached hydrogen (secondary N) is 1. The first-order chi connectivity index (χ1) is 9.81. The molecule has 21 heavy (non-hydrogen) atoms. The van der Waals surface area contributed by atoms with Gasteiger partial charge in [-0.1, -0.05) is 0 Å². The molecule has 2 aromatic heterocycles. The van der Waals surface area contributed by atoms with Crippen LogP contribution >= 0.6 is 11.3 Å². The van der Waals surface area contributed by atoms with Crippen LogP contribution in [0.2, 0.25) is 0 Å². The molecule has 2 N–H and O–H groups in total. The van der Waals surface area contributed by atoms with Gasteiger partial charge in [0.15, 0.2) is 0 Å². The molecule has 114 valence electrons. The van der Waals surface area contributed by atoms with Crippen molar-refractivity contribution in [1.29, 1.82) is 0 Å². The van der Waals surface area contributed by atoms with E-state index in [1.54, 1.807) is 18.5 Å². The van der Waals surface area contributed by atoms with Crippen LogP contribution in [-0.4, -0.2) is 27.3 Å². The molecule has 0 fully saturated rings. The standard InChI is InChI=1S/C15H21N3O2S/c1-10-7-11(2)18(17-10)12(3)14(19)16-9-15(4,20)13-5-6-21-8-13/h5-8,12,20H,9H2,1-4H3,(H,16,19)/t12-,15-/m1/s1. The zero-order valence-corrected chi connectivity index (χ0v) is 13.6. The zero-order chi connectivity index (χ0) is 15.6. The summed E-state index contributed by atoms with van der Waals surface area (Å²) in [5.41, 5.74) is 1.58. The Morgan fingerprint density at radius 2 is 2.29 bits per heavy atom. The van der Waals surface area contributed by atoms with Crippen LogP contribution in [0.25, 0.3) is 0 Å². The van der Waals surface area contributed by atoms with Gasteiger partial charge in [-0.3, -0.25) is 9.48 Å². The molecular formula is C15H21N3O2S. The first-order valence-electron chi connectivity index (χ1n) is 6.87. The number of amides is 1. The van der Waals surface area contributed by atoms with Crippen LogP contribution in [0, 0.1) is 13.8 Å². The number of thiophene rings is 1. The summed E-state index contributed by atoms with van der Waals surface area (Å²) in [5.74, 6) is -0.156. The maximum Gasteiger partial charge on any atom is 0.244 e. The fraction of sp³-hybridized carbons (Fsp3) is 0.467. The van der Waals surface area contributed by atoms with Crippen LogP contribution in [0.5, 0.6) is 0 Å². The van der Waals surface area contributed by atoms with Gasteiger partial charge < -0.3 is 10.4 Å². The fourth-order valence-electron chi connectivity index (χ4n) is 2.23. The van der Waals surface area contributed by atoms with Crippen LogP contribution < -0.4 is 5.32 Å². The van der Waals surface area contributed by atoms with E-state index in [2.05, 4.69) is 10.4 Å². The van der Waals surface area contributed by atoms with Gasteiger partial charge in [0, 0.05) is 5.69 Å². The van der Waals surface area contributed by atoms with Gasteiger partial charge in [-0.2, -0.15) is 16.4 Å². The Morgan fingerprint density at radius 3 is 2.81 bits per heavy atom. The van der Waals surface area contributed by atoms with E-state index in [9.17, 15) is 9.90 Å². The van der Waals surface area contributed by atoms with Gasteiger partial charge in [0.05, 0.1) is 12.2 Å². The molecule has 0 unspecified atom stereocenters. The van der Waals surface area contributed by atoms with E-state index in [0.717, 1.165) is 17.0 Å². The predicted molar refractivity (Wildman–Crippen MR) is 83.3 cm³/mol. The molecule has 2 atom stereocenters. The lowest BCUT2D eigenvalue weighted by Gasteiger charge is -2.24. The van der Waals surface area contributed by atoms with Crippen LogP contribution in [0.3, 0.4) is 0 Å². The average molecular weight is 307 g/mol. The summed E-state index contributed by atoms with van der Waals surface area (Å²) in [4.78, 5) is 12.2. The Hall–Kier alpha value is -1.66. The predicted octanol–water partition coefficient (Wildman–Crippen LogP) is 2.15. The third-order valence-electron chi connectivity index (χ3n) is 3.54. The molecule has 5 nitrogen and oxygen atoms in total. The number of hydrogen-bond acceptors (Lipinski definition) is 4. The quantitative estimate of drug-likeness (QED) is 0.889. The topological polar surface area (TPSA) is 67.2 Å². The molecular weight excluding hydrogens is 286 g/mol. The number of rotatable bonds is 5. The van der Waals surface area contributed by atoms with Crippen LogP contribution in [-0.2, 0) is 10.4 Å². The van der Waals surface area contributed by atoms with E-state index in [-0.39, 0.29) is 12.5 Å². The van der Waals surface area contributed by atoms with E-state index in [1.807, 2.05) is 36.7 Å². The number of aliphatic hydroxyl groups is 1. The maximum atomic E-state index is 12.2. The summed E-state index contributed by atoms with van der Waals surface area (Å²) in [6, 6.07) is 3.39. The van der Waals surface area contributed by atoms with Crippen molar-refractivity contribution in [2.45, 2.75) is 39.3 Å². The van der Waals surface area contributed by atoms with Gasteiger partial charge in [-0.15, -0.1) is 0 Å². The van der Waals surface area contributed by atoms with E-state index in [1.165, 1.54) is 11.3 Å². The average Bonchev–Trinajstić information content (AvgIpc) is 3.05. The highest BCUT2D eigenvalue weighted by Crippen LogP contribution is 2.22. The van der Waals surface area contributed by atoms with E-state index >= 15 is 0 Å². The van der Waals surface area contributed by atoms with Gasteiger partial charge in [-0.05, 0) is 56.2 Å². The van der Waals surface area contributed by atoms with Crippen molar-refractivity contribution < 1.29 is 9.90 Å². The Kier molecular flexibility index (Phi) is 4.49. The molecule has 0 aliphatic carbocycles. The van der Waals surface area contributed by atoms with Gasteiger partial charge in [0.25, 0.3) is 0 Å². The maximum absolute atomic E-state index is 12.2. The highest BCUT2D eigenvalue weighted by molar-refractivity contribution is 7.08.